The summed E-state index contributed by atoms with van der Waals surface area (Å²) in [6.45, 7) is 8.66. The minimum atomic E-state index is 0. The van der Waals surface area contributed by atoms with Gasteiger partial charge in [0, 0.05) is 7.97 Å². The Hall–Kier alpha value is -0.820. The van der Waals surface area contributed by atoms with Crippen LogP contribution in [0.5, 0.6) is 0 Å². The molecule has 1 N–H and O–H groups in total. The van der Waals surface area contributed by atoms with Crippen LogP contribution in [0, 0.1) is 13.8 Å². The Morgan fingerprint density at radius 2 is 1.79 bits per heavy atom. The number of aryl methyl sites for hydroxylation is 2. The van der Waals surface area contributed by atoms with E-state index in [0.717, 1.165) is 13.1 Å². The van der Waals surface area contributed by atoms with E-state index in [-0.39, 0.29) is 1.43 Å². The van der Waals surface area contributed by atoms with E-state index < -0.39 is 0 Å². The molecule has 0 amide bonds. The van der Waals surface area contributed by atoms with Crippen molar-refractivity contribution in [2.45, 2.75) is 40.2 Å². The molecule has 1 rings (SSSR count). The van der Waals surface area contributed by atoms with Gasteiger partial charge >= 0.3 is 0 Å². The number of unbranched alkanes of at least 4 members (excludes halogenated alkanes) is 1. The summed E-state index contributed by atoms with van der Waals surface area (Å²) in [6, 6.07) is 6.73. The Bertz CT molecular complexity index is 264. The molecule has 0 radical (unpaired) electrons. The van der Waals surface area contributed by atoms with E-state index in [4.69, 9.17) is 0 Å². The number of rotatable bonds is 5. The Labute approximate surface area is 89.0 Å². The summed E-state index contributed by atoms with van der Waals surface area (Å²) in [5.41, 5.74) is 4.12. The third kappa shape index (κ3) is 3.93. The molecule has 80 valence electrons. The van der Waals surface area contributed by atoms with Crippen LogP contribution in [-0.2, 0) is 6.54 Å². The van der Waals surface area contributed by atoms with Crippen LogP contribution in [0.2, 0.25) is 0 Å². The first-order valence-corrected chi connectivity index (χ1v) is 5.50. The number of nitrogens with one attached hydrogen (secondary N) is 1. The van der Waals surface area contributed by atoms with E-state index in [2.05, 4.69) is 44.3 Å². The van der Waals surface area contributed by atoms with Gasteiger partial charge in [0.15, 0.2) is 0 Å². The van der Waals surface area contributed by atoms with Crippen molar-refractivity contribution in [2.75, 3.05) is 6.54 Å². The van der Waals surface area contributed by atoms with Crippen LogP contribution in [0.1, 0.15) is 37.9 Å². The minimum absolute atomic E-state index is 0. The molecule has 0 aliphatic carbocycles. The highest BCUT2D eigenvalue weighted by molar-refractivity contribution is 5.28. The second kappa shape index (κ2) is 5.82. The molecule has 1 aromatic rings. The van der Waals surface area contributed by atoms with Gasteiger partial charge in [-0.05, 0) is 32.4 Å². The first-order chi connectivity index (χ1) is 6.72. The summed E-state index contributed by atoms with van der Waals surface area (Å²) >= 11 is 0. The van der Waals surface area contributed by atoms with Crippen LogP contribution in [0.25, 0.3) is 0 Å². The van der Waals surface area contributed by atoms with Gasteiger partial charge < -0.3 is 5.32 Å². The average molecular weight is 193 g/mol. The zero-order valence-corrected chi connectivity index (χ0v) is 9.56. The van der Waals surface area contributed by atoms with E-state index in [9.17, 15) is 0 Å². The molecule has 0 saturated carbocycles. The Morgan fingerprint density at radius 1 is 1.14 bits per heavy atom. The predicted octanol–water partition coefficient (Wildman–Crippen LogP) is 3.44. The van der Waals surface area contributed by atoms with Crippen LogP contribution < -0.4 is 5.32 Å². The minimum Gasteiger partial charge on any atom is -0.313 e. The fourth-order valence-electron chi connectivity index (χ4n) is 1.71. The maximum absolute atomic E-state index is 3.46. The van der Waals surface area contributed by atoms with E-state index in [0.29, 0.717) is 0 Å². The van der Waals surface area contributed by atoms with Crippen molar-refractivity contribution < 1.29 is 1.43 Å². The molecule has 1 nitrogen and oxygen atoms in total. The lowest BCUT2D eigenvalue weighted by molar-refractivity contribution is 0.641. The van der Waals surface area contributed by atoms with Crippen molar-refractivity contribution in [1.29, 1.82) is 0 Å². The predicted molar refractivity (Wildman–Crippen MR) is 64.6 cm³/mol. The van der Waals surface area contributed by atoms with Crippen LogP contribution in [0.3, 0.4) is 0 Å². The van der Waals surface area contributed by atoms with Crippen molar-refractivity contribution >= 4 is 0 Å². The highest BCUT2D eigenvalue weighted by atomic mass is 14.8. The largest absolute Gasteiger partial charge is 0.313 e. The third-order valence-electron chi connectivity index (χ3n) is 2.32. The lowest BCUT2D eigenvalue weighted by atomic mass is 10.1. The Morgan fingerprint density at radius 3 is 2.36 bits per heavy atom. The van der Waals surface area contributed by atoms with Crippen LogP contribution >= 0.6 is 0 Å². The lowest BCUT2D eigenvalue weighted by Gasteiger charge is -2.06. The van der Waals surface area contributed by atoms with Crippen molar-refractivity contribution in [2.24, 2.45) is 0 Å². The first-order valence-electron chi connectivity index (χ1n) is 5.50. The van der Waals surface area contributed by atoms with Gasteiger partial charge in [0.1, 0.15) is 0 Å². The van der Waals surface area contributed by atoms with Gasteiger partial charge in [0.2, 0.25) is 0 Å². The van der Waals surface area contributed by atoms with Crippen molar-refractivity contribution in [3.63, 3.8) is 0 Å². The molecule has 1 aromatic carbocycles. The first kappa shape index (κ1) is 11.3. The van der Waals surface area contributed by atoms with Crippen LogP contribution in [0.15, 0.2) is 18.2 Å². The second-order valence-electron chi connectivity index (χ2n) is 4.03. The summed E-state index contributed by atoms with van der Waals surface area (Å²) in [6.07, 6.45) is 2.53. The molecule has 0 fully saturated rings. The molecular weight excluding hydrogens is 170 g/mol. The smallest absolute Gasteiger partial charge is 0.0205 e. The van der Waals surface area contributed by atoms with Gasteiger partial charge in [-0.25, -0.2) is 0 Å². The maximum atomic E-state index is 3.46. The maximum Gasteiger partial charge on any atom is 0.0205 e. The molecule has 0 unspecified atom stereocenters. The van der Waals surface area contributed by atoms with Crippen molar-refractivity contribution in [3.8, 4) is 0 Å². The lowest BCUT2D eigenvalue weighted by Crippen LogP contribution is -2.14. The van der Waals surface area contributed by atoms with Gasteiger partial charge in [0.05, 0.1) is 0 Å². The van der Waals surface area contributed by atoms with Crippen LogP contribution in [-0.4, -0.2) is 6.54 Å². The van der Waals surface area contributed by atoms with Crippen LogP contribution in [0.4, 0.5) is 0 Å². The second-order valence-corrected chi connectivity index (χ2v) is 4.03. The van der Waals surface area contributed by atoms with Crippen molar-refractivity contribution in [1.82, 2.24) is 5.32 Å². The molecule has 0 aliphatic heterocycles. The summed E-state index contributed by atoms with van der Waals surface area (Å²) in [5.74, 6) is 0. The fourth-order valence-corrected chi connectivity index (χ4v) is 1.71. The quantitative estimate of drug-likeness (QED) is 0.706. The van der Waals surface area contributed by atoms with E-state index in [1.54, 1.807) is 0 Å². The highest BCUT2D eigenvalue weighted by Crippen LogP contribution is 2.08. The number of hydrogen-bond donors (Lipinski definition) is 1. The monoisotopic (exact) mass is 193 g/mol. The molecule has 0 aromatic heterocycles. The average Bonchev–Trinajstić information content (AvgIpc) is 2.11. The molecule has 0 saturated heterocycles. The fraction of sp³-hybridized carbons (Fsp3) is 0.538. The zero-order valence-electron chi connectivity index (χ0n) is 9.56. The third-order valence-corrected chi connectivity index (χ3v) is 2.32. The molecule has 0 spiro atoms. The summed E-state index contributed by atoms with van der Waals surface area (Å²) in [7, 11) is 0. The van der Waals surface area contributed by atoms with Crippen molar-refractivity contribution in [3.05, 3.63) is 34.9 Å². The highest BCUT2D eigenvalue weighted by Gasteiger charge is 1.95. The molecule has 0 heterocycles. The molecule has 1 heteroatoms. The number of hydrogen-bond acceptors (Lipinski definition) is 1. The molecule has 0 atom stereocenters. The normalized spacial score (nSPS) is 10.5. The van der Waals surface area contributed by atoms with Gasteiger partial charge in [-0.3, -0.25) is 0 Å². The molecule has 0 aliphatic rings. The van der Waals surface area contributed by atoms with E-state index in [1.165, 1.54) is 29.5 Å². The molecule has 0 bridgehead atoms. The molecule has 14 heavy (non-hydrogen) atoms. The summed E-state index contributed by atoms with van der Waals surface area (Å²) in [5, 5.41) is 3.46. The topological polar surface area (TPSA) is 12.0 Å². The SMILES string of the molecule is CCCCNCc1cc(C)cc(C)c1.[HH]. The zero-order chi connectivity index (χ0) is 10.4. The number of benzene rings is 1. The van der Waals surface area contributed by atoms with E-state index >= 15 is 0 Å². The van der Waals surface area contributed by atoms with Gasteiger partial charge in [-0.2, -0.15) is 0 Å². The molecular formula is C13H23N. The van der Waals surface area contributed by atoms with Gasteiger partial charge in [0.25, 0.3) is 0 Å². The van der Waals surface area contributed by atoms with Gasteiger partial charge in [-0.15, -0.1) is 0 Å². The van der Waals surface area contributed by atoms with Gasteiger partial charge in [-0.1, -0.05) is 42.7 Å². The standard InChI is InChI=1S/C13H21N.H2/c1-4-5-6-14-10-13-8-11(2)7-12(3)9-13;/h7-9,14H,4-6,10H2,1-3H3;1H. The Balaban J connectivity index is 0.00000196. The summed E-state index contributed by atoms with van der Waals surface area (Å²) in [4.78, 5) is 0. The Kier molecular flexibility index (Phi) is 4.68. The summed E-state index contributed by atoms with van der Waals surface area (Å²) < 4.78 is 0. The van der Waals surface area contributed by atoms with E-state index in [1.807, 2.05) is 0 Å².